The lowest BCUT2D eigenvalue weighted by molar-refractivity contribution is -0.384. The minimum Gasteiger partial charge on any atom is -0.484 e. The Hall–Kier alpha value is -7.29. The third kappa shape index (κ3) is 8.58. The number of nitrogens with one attached hydrogen (secondary N) is 1. The molecule has 3 unspecified atom stereocenters. The molecule has 5 aromatic rings. The van der Waals surface area contributed by atoms with E-state index < -0.39 is 60.3 Å². The molecule has 0 radical (unpaired) electrons. The molecule has 292 valence electrons. The van der Waals surface area contributed by atoms with Crippen molar-refractivity contribution in [3.63, 3.8) is 0 Å². The third-order valence-corrected chi connectivity index (χ3v) is 13.7. The second-order valence-corrected chi connectivity index (χ2v) is 16.2. The van der Waals surface area contributed by atoms with Crippen molar-refractivity contribution in [2.75, 3.05) is 13.7 Å². The van der Waals surface area contributed by atoms with Gasteiger partial charge in [-0.3, -0.25) is 19.7 Å². The molecular formula is C44H37N4O9P. The quantitative estimate of drug-likeness (QED) is 0.0403. The number of ether oxygens (including phenoxy) is 3. The first-order valence-corrected chi connectivity index (χ1v) is 19.8. The monoisotopic (exact) mass is 796 g/mol. The molecule has 0 bridgehead atoms. The van der Waals surface area contributed by atoms with Crippen molar-refractivity contribution in [3.05, 3.63) is 173 Å². The van der Waals surface area contributed by atoms with Crippen molar-refractivity contribution in [2.45, 2.75) is 24.7 Å². The van der Waals surface area contributed by atoms with Gasteiger partial charge in [0.2, 0.25) is 5.91 Å². The van der Waals surface area contributed by atoms with Crippen LogP contribution in [0.3, 0.4) is 0 Å². The number of rotatable bonds is 15. The number of nitro benzene ring substituents is 1. The van der Waals surface area contributed by atoms with Gasteiger partial charge in [-0.2, -0.15) is 5.26 Å². The normalized spacial score (nSPS) is 15.3. The van der Waals surface area contributed by atoms with Crippen LogP contribution in [0.4, 0.5) is 5.69 Å². The summed E-state index contributed by atoms with van der Waals surface area (Å²) < 4.78 is 16.3. The van der Waals surface area contributed by atoms with Crippen molar-refractivity contribution in [2.24, 2.45) is 0 Å². The van der Waals surface area contributed by atoms with Gasteiger partial charge in [0.25, 0.3) is 11.6 Å². The van der Waals surface area contributed by atoms with Crippen molar-refractivity contribution in [3.8, 4) is 11.8 Å². The summed E-state index contributed by atoms with van der Waals surface area (Å²) in [7, 11) is 1.18. The van der Waals surface area contributed by atoms with Crippen LogP contribution in [0.5, 0.6) is 5.75 Å². The Kier molecular flexibility index (Phi) is 12.9. The number of hydrogen-bond donors (Lipinski definition) is 1. The first-order valence-electron chi connectivity index (χ1n) is 18.0. The Bertz CT molecular complexity index is 2300. The molecule has 0 aliphatic carbocycles. The van der Waals surface area contributed by atoms with Crippen LogP contribution < -0.4 is 26.0 Å². The molecule has 0 aromatic heterocycles. The Morgan fingerprint density at radius 1 is 0.845 bits per heavy atom. The number of amides is 2. The van der Waals surface area contributed by atoms with Crippen LogP contribution in [-0.2, 0) is 35.3 Å². The van der Waals surface area contributed by atoms with Gasteiger partial charge in [-0.1, -0.05) is 115 Å². The maximum Gasteiger partial charge on any atom is 0.334 e. The first-order chi connectivity index (χ1) is 28.2. The van der Waals surface area contributed by atoms with Crippen molar-refractivity contribution in [1.29, 1.82) is 5.26 Å². The number of carbonyl (C=O) groups is 4. The van der Waals surface area contributed by atoms with Crippen LogP contribution in [-0.4, -0.2) is 70.7 Å². The SMILES string of the molecule is COC(=O)C=CC1C(NC(=O)COc2ccccc2)C(=O)N1C(C(=O)OCc1ccc([N+](=O)[O-])cc1)C(C#N)=P(c1ccccc1)(c1ccccc1)c1ccccc1. The van der Waals surface area contributed by atoms with Crippen molar-refractivity contribution >= 4 is 57.5 Å². The Morgan fingerprint density at radius 2 is 1.36 bits per heavy atom. The van der Waals surface area contributed by atoms with E-state index in [2.05, 4.69) is 11.4 Å². The summed E-state index contributed by atoms with van der Waals surface area (Å²) in [5.74, 6) is -2.71. The Morgan fingerprint density at radius 3 is 1.84 bits per heavy atom. The summed E-state index contributed by atoms with van der Waals surface area (Å²) in [5.41, 5.74) is 0.247. The molecule has 3 atom stereocenters. The van der Waals surface area contributed by atoms with Gasteiger partial charge in [0.1, 0.15) is 18.4 Å². The maximum atomic E-state index is 14.8. The van der Waals surface area contributed by atoms with Gasteiger partial charge in [-0.25, -0.2) is 9.59 Å². The van der Waals surface area contributed by atoms with Crippen LogP contribution in [0.25, 0.3) is 0 Å². The number of non-ortho nitro benzene ring substituents is 1. The number of methoxy groups -OCH3 is 1. The van der Waals surface area contributed by atoms with E-state index in [1.807, 2.05) is 91.0 Å². The molecule has 58 heavy (non-hydrogen) atoms. The predicted octanol–water partition coefficient (Wildman–Crippen LogP) is 4.20. The summed E-state index contributed by atoms with van der Waals surface area (Å²) in [6.45, 7) is -4.15. The van der Waals surface area contributed by atoms with E-state index in [1.54, 1.807) is 30.3 Å². The highest BCUT2D eigenvalue weighted by atomic mass is 31.2. The zero-order valence-electron chi connectivity index (χ0n) is 31.1. The number of para-hydroxylation sites is 1. The largest absolute Gasteiger partial charge is 0.484 e. The molecule has 1 aliphatic heterocycles. The Labute approximate surface area is 334 Å². The highest BCUT2D eigenvalue weighted by Gasteiger charge is 2.55. The summed E-state index contributed by atoms with van der Waals surface area (Å²) >= 11 is 0. The maximum absolute atomic E-state index is 14.8. The van der Waals surface area contributed by atoms with E-state index in [0.717, 1.165) is 11.0 Å². The molecule has 13 nitrogen and oxygen atoms in total. The van der Waals surface area contributed by atoms with Gasteiger partial charge < -0.3 is 24.4 Å². The van der Waals surface area contributed by atoms with Crippen LogP contribution >= 0.6 is 6.89 Å². The topological polar surface area (TPSA) is 178 Å². The van der Waals surface area contributed by atoms with Gasteiger partial charge in [0.05, 0.1) is 29.4 Å². The van der Waals surface area contributed by atoms with E-state index in [4.69, 9.17) is 14.2 Å². The number of nitrogens with zero attached hydrogens (tertiary/aromatic N) is 3. The predicted molar refractivity (Wildman–Crippen MR) is 218 cm³/mol. The standard InChI is InChI=1S/C44H37N4O9P/c1-55-40(50)27-26-37-41(46-39(49)30-56-33-14-6-2-7-15-33)43(51)47(37)42(44(52)57-29-31-22-24-32(25-23-31)48(53)54)38(28-45)58(34-16-8-3-9-17-34,35-18-10-4-11-19-35)36-20-12-5-13-21-36/h2-27,37,41-42H,29-30H2,1H3,(H,46,49). The van der Waals surface area contributed by atoms with E-state index in [-0.39, 0.29) is 17.6 Å². The first kappa shape index (κ1) is 40.4. The third-order valence-electron chi connectivity index (χ3n) is 9.44. The Balaban J connectivity index is 1.53. The molecule has 5 aromatic carbocycles. The van der Waals surface area contributed by atoms with Gasteiger partial charge in [-0.05, 0) is 52.6 Å². The molecule has 0 saturated carbocycles. The van der Waals surface area contributed by atoms with Gasteiger partial charge in [0.15, 0.2) is 12.6 Å². The molecular weight excluding hydrogens is 759 g/mol. The molecule has 14 heteroatoms. The number of hydrogen-bond acceptors (Lipinski definition) is 10. The highest BCUT2D eigenvalue weighted by Crippen LogP contribution is 2.48. The second kappa shape index (κ2) is 18.6. The lowest BCUT2D eigenvalue weighted by atomic mass is 9.90. The summed E-state index contributed by atoms with van der Waals surface area (Å²) in [5, 5.41) is 27.5. The number of nitriles is 1. The summed E-state index contributed by atoms with van der Waals surface area (Å²) in [4.78, 5) is 66.9. The number of carbonyl (C=O) groups excluding carboxylic acids is 4. The van der Waals surface area contributed by atoms with E-state index >= 15 is 0 Å². The lowest BCUT2D eigenvalue weighted by Gasteiger charge is -2.49. The molecule has 1 heterocycles. The molecule has 1 N–H and O–H groups in total. The number of benzene rings is 5. The van der Waals surface area contributed by atoms with Gasteiger partial charge >= 0.3 is 11.9 Å². The fourth-order valence-electron chi connectivity index (χ4n) is 6.75. The average molecular weight is 797 g/mol. The van der Waals surface area contributed by atoms with Crippen molar-refractivity contribution < 1.29 is 38.3 Å². The lowest BCUT2D eigenvalue weighted by Crippen LogP contribution is -2.75. The van der Waals surface area contributed by atoms with Crippen LogP contribution in [0.2, 0.25) is 0 Å². The average Bonchev–Trinajstić information content (AvgIpc) is 3.27. The van der Waals surface area contributed by atoms with E-state index in [1.165, 1.54) is 37.5 Å². The molecule has 1 aliphatic rings. The molecule has 0 spiro atoms. The molecule has 6 rings (SSSR count). The summed E-state index contributed by atoms with van der Waals surface area (Å²) in [6.07, 6.45) is 2.40. The van der Waals surface area contributed by atoms with Crippen molar-refractivity contribution in [1.82, 2.24) is 10.2 Å². The second-order valence-electron chi connectivity index (χ2n) is 12.9. The fraction of sp³-hybridized carbons (Fsp3) is 0.136. The zero-order chi connectivity index (χ0) is 41.1. The van der Waals surface area contributed by atoms with Crippen LogP contribution in [0.1, 0.15) is 5.56 Å². The van der Waals surface area contributed by atoms with Crippen LogP contribution in [0.15, 0.2) is 158 Å². The van der Waals surface area contributed by atoms with Gasteiger partial charge in [0, 0.05) is 18.2 Å². The minimum atomic E-state index is -3.35. The molecule has 1 fully saturated rings. The van der Waals surface area contributed by atoms with E-state index in [9.17, 15) is 34.6 Å². The van der Waals surface area contributed by atoms with Gasteiger partial charge in [-0.15, -0.1) is 0 Å². The fourth-order valence-corrected chi connectivity index (χ4v) is 11.1. The number of β-lactam (4-membered cyclic amide) rings is 1. The molecule has 1 saturated heterocycles. The van der Waals surface area contributed by atoms with Crippen LogP contribution in [0, 0.1) is 21.4 Å². The number of nitro groups is 1. The minimum absolute atomic E-state index is 0.00759. The smallest absolute Gasteiger partial charge is 0.334 e. The zero-order valence-corrected chi connectivity index (χ0v) is 32.0. The summed E-state index contributed by atoms with van der Waals surface area (Å²) in [6, 6.07) is 39.9. The molecule has 2 amide bonds. The number of esters is 2. The number of likely N-dealkylation sites (tertiary alicyclic amines) is 1. The highest BCUT2D eigenvalue weighted by molar-refractivity contribution is 7.95. The van der Waals surface area contributed by atoms with E-state index in [0.29, 0.717) is 27.2 Å².